The van der Waals surface area contributed by atoms with Crippen molar-refractivity contribution in [3.63, 3.8) is 0 Å². The van der Waals surface area contributed by atoms with Crippen molar-refractivity contribution in [1.29, 1.82) is 0 Å². The summed E-state index contributed by atoms with van der Waals surface area (Å²) >= 11 is 5.10. The number of nitrogens with one attached hydrogen (secondary N) is 4. The number of hydrogen-bond donors (Lipinski definition) is 8. The lowest BCUT2D eigenvalue weighted by Gasteiger charge is -2.10. The molecule has 416 valence electrons. The van der Waals surface area contributed by atoms with E-state index in [1.165, 1.54) is 52.5 Å². The molecular weight excluding hydrogens is 1120 g/mol. The fraction of sp³-hybridized carbons (Fsp3) is 0.127. The molecule has 0 spiro atoms. The van der Waals surface area contributed by atoms with Gasteiger partial charge < -0.3 is 64.0 Å². The molecule has 0 saturated heterocycles. The maximum atomic E-state index is 11.7. The van der Waals surface area contributed by atoms with Gasteiger partial charge in [0.15, 0.2) is 31.3 Å². The van der Waals surface area contributed by atoms with E-state index in [9.17, 15) is 38.4 Å². The lowest BCUT2D eigenvalue weighted by Crippen LogP contribution is -2.19. The highest BCUT2D eigenvalue weighted by atomic mass is 32.1. The zero-order valence-electron chi connectivity index (χ0n) is 42.3. The quantitative estimate of drug-likeness (QED) is 0.0530. The van der Waals surface area contributed by atoms with Crippen LogP contribution in [0, 0.1) is 0 Å². The summed E-state index contributed by atoms with van der Waals surface area (Å²) in [6.45, 7) is 13.8. The van der Waals surface area contributed by atoms with E-state index in [2.05, 4.69) is 46.3 Å². The molecule has 0 radical (unpaired) electrons. The lowest BCUT2D eigenvalue weighted by molar-refractivity contribution is -0.140. The fourth-order valence-corrected chi connectivity index (χ4v) is 9.33. The Hall–Kier alpha value is -9.56. The smallest absolute Gasteiger partial charge is 0.341 e. The molecule has 80 heavy (non-hydrogen) atoms. The number of thiazole rings is 4. The van der Waals surface area contributed by atoms with Gasteiger partial charge in [0.1, 0.15) is 17.2 Å². The number of aliphatic carboxylic acids is 4. The minimum absolute atomic E-state index is 0.0583. The molecule has 4 aromatic heterocycles. The second-order valence-corrected chi connectivity index (χ2v) is 20.5. The molecule has 8 rings (SSSR count). The van der Waals surface area contributed by atoms with Crippen LogP contribution in [0.25, 0.3) is 50.6 Å². The first-order valence-electron chi connectivity index (χ1n) is 23.1. The zero-order chi connectivity index (χ0) is 58.3. The van der Waals surface area contributed by atoms with Crippen molar-refractivity contribution in [1.82, 2.24) is 19.9 Å². The minimum atomic E-state index is -1.04. The van der Waals surface area contributed by atoms with Gasteiger partial charge in [0.05, 0.1) is 50.5 Å². The molecule has 0 amide bonds. The first kappa shape index (κ1) is 61.3. The first-order chi connectivity index (χ1) is 38.1. The Bertz CT molecular complexity index is 4060. The van der Waals surface area contributed by atoms with Crippen molar-refractivity contribution in [2.24, 2.45) is 0 Å². The van der Waals surface area contributed by atoms with Crippen molar-refractivity contribution < 1.29 is 63.3 Å². The first-order valence-corrected chi connectivity index (χ1v) is 26.3. The van der Waals surface area contributed by atoms with Gasteiger partial charge in [0, 0.05) is 6.42 Å². The molecule has 0 aliphatic heterocycles. The predicted molar refractivity (Wildman–Crippen MR) is 307 cm³/mol. The average molecular weight is 1170 g/mol. The number of methoxy groups -OCH3 is 1. The molecule has 4 heterocycles. The average Bonchev–Trinajstić information content (AvgIpc) is 4.13. The fourth-order valence-electron chi connectivity index (χ4n) is 6.34. The molecule has 0 saturated carbocycles. The highest BCUT2D eigenvalue weighted by Gasteiger charge is 2.08. The van der Waals surface area contributed by atoms with Crippen LogP contribution in [0.3, 0.4) is 0 Å². The van der Waals surface area contributed by atoms with E-state index in [0.29, 0.717) is 78.6 Å². The van der Waals surface area contributed by atoms with Crippen molar-refractivity contribution in [2.45, 2.75) is 12.8 Å². The summed E-state index contributed by atoms with van der Waals surface area (Å²) in [5, 5.41) is 34.1. The molecule has 21 nitrogen and oxygen atoms in total. The van der Waals surface area contributed by atoms with Crippen molar-refractivity contribution in [3.05, 3.63) is 191 Å². The standard InChI is InChI=1S/C16H17NO5S.3C13H11NO4S/c1-10-17-16(20)14(23-10)9-11-5-6-12(13(8-11)21-2)22-7-3-4-15(18)19;1-8-14-13(17)11(19-8)6-9-2-4-10(5-3-9)18-7-12(15)16;2*1-8-14-13(17)11(19-8)6-9-3-2-4-10(5-9)18-7-12(15)16/h5-6,8-9H,1,3-4,7H2,2H3,(H,17,20)(H,18,19);3*2-6H,1,7H2,(H,14,17)(H,15,16)/b14-9-;;11-6-;. The molecule has 0 atom stereocenters. The maximum absolute atomic E-state index is 11.7. The summed E-state index contributed by atoms with van der Waals surface area (Å²) in [5.74, 6) is -1.53. The van der Waals surface area contributed by atoms with Crippen molar-refractivity contribution >= 4 is 120 Å². The Morgan fingerprint density at radius 1 is 0.450 bits per heavy atom. The van der Waals surface area contributed by atoms with Crippen LogP contribution in [0.5, 0.6) is 28.7 Å². The van der Waals surface area contributed by atoms with E-state index < -0.39 is 37.1 Å². The topological polar surface area (TPSA) is 327 Å². The van der Waals surface area contributed by atoms with E-state index in [0.717, 1.165) is 22.3 Å². The molecule has 25 heteroatoms. The van der Waals surface area contributed by atoms with Gasteiger partial charge in [0.2, 0.25) is 0 Å². The van der Waals surface area contributed by atoms with E-state index in [4.69, 9.17) is 44.1 Å². The normalized spacial score (nSPS) is 11.5. The minimum Gasteiger partial charge on any atom is -0.493 e. The number of aromatic nitrogens is 4. The van der Waals surface area contributed by atoms with Gasteiger partial charge in [-0.25, -0.2) is 14.4 Å². The number of aromatic amines is 4. The van der Waals surface area contributed by atoms with Crippen LogP contribution in [-0.2, 0) is 19.2 Å². The van der Waals surface area contributed by atoms with Crippen LogP contribution in [0.4, 0.5) is 0 Å². The summed E-state index contributed by atoms with van der Waals surface area (Å²) in [5.41, 5.74) is 2.43. The predicted octanol–water partition coefficient (Wildman–Crippen LogP) is 1.34. The van der Waals surface area contributed by atoms with Gasteiger partial charge in [-0.2, -0.15) is 0 Å². The molecular formula is C55H50N4O17S4. The molecule has 0 bridgehead atoms. The number of hydrogen-bond acceptors (Lipinski definition) is 17. The van der Waals surface area contributed by atoms with E-state index in [1.54, 1.807) is 115 Å². The van der Waals surface area contributed by atoms with Crippen LogP contribution in [0.15, 0.2) is 110 Å². The highest BCUT2D eigenvalue weighted by Crippen LogP contribution is 2.28. The third-order valence-corrected chi connectivity index (χ3v) is 13.2. The third-order valence-electron chi connectivity index (χ3n) is 9.69. The Morgan fingerprint density at radius 3 is 1.16 bits per heavy atom. The lowest BCUT2D eigenvalue weighted by atomic mass is 10.2. The zero-order valence-corrected chi connectivity index (χ0v) is 45.5. The van der Waals surface area contributed by atoms with Gasteiger partial charge >= 0.3 is 23.9 Å². The van der Waals surface area contributed by atoms with Gasteiger partial charge in [0.25, 0.3) is 22.2 Å². The highest BCUT2D eigenvalue weighted by molar-refractivity contribution is 7.08. The summed E-state index contributed by atoms with van der Waals surface area (Å²) in [6, 6.07) is 25.8. The van der Waals surface area contributed by atoms with Crippen LogP contribution in [-0.4, -0.2) is 97.8 Å². The SMILES string of the molecule is C=c1[nH]c(=O)/c(=C/c2ccc(OCCCC(=O)O)c(OC)c2)s1.C=c1[nH]c(=O)/c(=C/c2cccc(OCC(=O)O)c2)s1.C=c1[nH]c(=O)c(=Cc2ccc(OCC(=O)O)cc2)s1.C=c1[nH]c(=O)c(=Cc2cccc(OCC(=O)O)c2)s1. The van der Waals surface area contributed by atoms with Gasteiger partial charge in [-0.3, -0.25) is 24.0 Å². The summed E-state index contributed by atoms with van der Waals surface area (Å²) in [7, 11) is 1.52. The Morgan fingerprint density at radius 2 is 0.812 bits per heavy atom. The van der Waals surface area contributed by atoms with E-state index in [-0.39, 0.29) is 35.3 Å². The van der Waals surface area contributed by atoms with Crippen LogP contribution in [0.2, 0.25) is 0 Å². The molecule has 4 aromatic carbocycles. The molecule has 0 fully saturated rings. The monoisotopic (exact) mass is 1170 g/mol. The Labute approximate surface area is 467 Å². The van der Waals surface area contributed by atoms with Crippen LogP contribution >= 0.6 is 45.3 Å². The second kappa shape index (κ2) is 30.4. The molecule has 0 aliphatic carbocycles. The van der Waals surface area contributed by atoms with Gasteiger partial charge in [-0.15, -0.1) is 45.3 Å². The number of ether oxygens (including phenoxy) is 5. The van der Waals surface area contributed by atoms with E-state index >= 15 is 0 Å². The summed E-state index contributed by atoms with van der Waals surface area (Å²) in [4.78, 5) is 98.3. The molecule has 8 N–H and O–H groups in total. The van der Waals surface area contributed by atoms with Gasteiger partial charge in [-0.05, 0) is 102 Å². The molecule has 0 aliphatic rings. The Balaban J connectivity index is 0.000000197. The van der Waals surface area contributed by atoms with Crippen LogP contribution < -0.4 is 82.7 Å². The van der Waals surface area contributed by atoms with E-state index in [1.807, 2.05) is 0 Å². The molecule has 0 unspecified atom stereocenters. The second-order valence-electron chi connectivity index (χ2n) is 16.0. The van der Waals surface area contributed by atoms with Gasteiger partial charge in [-0.1, -0.05) is 68.8 Å². The number of carboxylic acid groups (broad SMARTS) is 4. The number of H-pyrrole nitrogens is 4. The Kier molecular flexibility index (Phi) is 23.3. The van der Waals surface area contributed by atoms with Crippen LogP contribution in [0.1, 0.15) is 35.1 Å². The van der Waals surface area contributed by atoms with Crippen molar-refractivity contribution in [2.75, 3.05) is 33.5 Å². The molecule has 8 aromatic rings. The number of rotatable bonds is 19. The third kappa shape index (κ3) is 21.1. The summed E-state index contributed by atoms with van der Waals surface area (Å²) in [6.07, 6.45) is 7.36. The largest absolute Gasteiger partial charge is 0.493 e. The number of benzene rings is 4. The number of carboxylic acids is 4. The number of carbonyl (C=O) groups is 4. The summed E-state index contributed by atoms with van der Waals surface area (Å²) < 4.78 is 30.6. The van der Waals surface area contributed by atoms with Crippen molar-refractivity contribution in [3.8, 4) is 28.7 Å². The maximum Gasteiger partial charge on any atom is 0.341 e.